The molecule has 0 N–H and O–H groups in total. The molecule has 0 spiro atoms. The first kappa shape index (κ1) is 11.5. The highest BCUT2D eigenvalue weighted by atomic mass is 16.1. The summed E-state index contributed by atoms with van der Waals surface area (Å²) in [6, 6.07) is 8.62. The second kappa shape index (κ2) is 4.56. The number of carbonyl (C=O) groups is 1. The predicted octanol–water partition coefficient (Wildman–Crippen LogP) is 4.11. The lowest BCUT2D eigenvalue weighted by atomic mass is 9.79. The van der Waals surface area contributed by atoms with E-state index in [0.717, 1.165) is 32.0 Å². The van der Waals surface area contributed by atoms with Gasteiger partial charge in [0.25, 0.3) is 0 Å². The summed E-state index contributed by atoms with van der Waals surface area (Å²) in [4.78, 5) is 11.3. The number of fused-ring (bicyclic) bond motifs is 2. The second-order valence-corrected chi connectivity index (χ2v) is 5.23. The van der Waals surface area contributed by atoms with Gasteiger partial charge in [-0.05, 0) is 48.0 Å². The monoisotopic (exact) mass is 238 g/mol. The lowest BCUT2D eigenvalue weighted by Gasteiger charge is -2.24. The van der Waals surface area contributed by atoms with E-state index in [9.17, 15) is 4.79 Å². The van der Waals surface area contributed by atoms with Crippen molar-refractivity contribution in [1.82, 2.24) is 0 Å². The molecule has 0 amide bonds. The van der Waals surface area contributed by atoms with E-state index < -0.39 is 0 Å². The first-order valence-corrected chi connectivity index (χ1v) is 6.75. The highest BCUT2D eigenvalue weighted by molar-refractivity contribution is 5.83. The second-order valence-electron chi connectivity index (χ2n) is 5.23. The molecule has 1 aromatic carbocycles. The maximum Gasteiger partial charge on any atom is 0.127 e. The van der Waals surface area contributed by atoms with Gasteiger partial charge in [-0.1, -0.05) is 30.3 Å². The molecule has 0 fully saturated rings. The molecule has 0 saturated heterocycles. The molecular formula is C17H18O. The van der Waals surface area contributed by atoms with Crippen LogP contribution in [0.15, 0.2) is 42.5 Å². The summed E-state index contributed by atoms with van der Waals surface area (Å²) in [5, 5.41) is 0. The van der Waals surface area contributed by atoms with Crippen LogP contribution in [0.4, 0.5) is 0 Å². The summed E-state index contributed by atoms with van der Waals surface area (Å²) < 4.78 is 0. The Labute approximate surface area is 108 Å². The standard InChI is InChI=1S/C17H18O/c1-2-6-15-13-8-3-4-9-14(13)16-10-5-7-12(11-18)17(15)16/h2-4,8-9,11-12,15H,1,5-7,10H2. The molecule has 0 aromatic heterocycles. The molecule has 0 bridgehead atoms. The van der Waals surface area contributed by atoms with Crippen molar-refractivity contribution in [2.75, 3.05) is 0 Å². The van der Waals surface area contributed by atoms with Gasteiger partial charge in [0.1, 0.15) is 6.29 Å². The Morgan fingerprint density at radius 1 is 1.33 bits per heavy atom. The van der Waals surface area contributed by atoms with Crippen molar-refractivity contribution in [3.8, 4) is 0 Å². The first-order valence-electron chi connectivity index (χ1n) is 6.75. The van der Waals surface area contributed by atoms with Crippen molar-refractivity contribution in [2.24, 2.45) is 5.92 Å². The molecule has 3 rings (SSSR count). The number of allylic oxidation sites excluding steroid dienone is 3. The topological polar surface area (TPSA) is 17.1 Å². The van der Waals surface area contributed by atoms with Crippen LogP contribution in [0, 0.1) is 5.92 Å². The van der Waals surface area contributed by atoms with Crippen molar-refractivity contribution in [3.63, 3.8) is 0 Å². The van der Waals surface area contributed by atoms with Gasteiger partial charge in [0.2, 0.25) is 0 Å². The fourth-order valence-corrected chi connectivity index (χ4v) is 3.59. The lowest BCUT2D eigenvalue weighted by molar-refractivity contribution is -0.110. The molecule has 1 aromatic rings. The van der Waals surface area contributed by atoms with Crippen molar-refractivity contribution < 1.29 is 4.79 Å². The lowest BCUT2D eigenvalue weighted by Crippen LogP contribution is -2.14. The molecular weight excluding hydrogens is 220 g/mol. The third kappa shape index (κ3) is 1.58. The Bertz CT molecular complexity index is 524. The van der Waals surface area contributed by atoms with Crippen molar-refractivity contribution >= 4 is 11.9 Å². The van der Waals surface area contributed by atoms with E-state index in [1.807, 2.05) is 6.08 Å². The Morgan fingerprint density at radius 2 is 2.17 bits per heavy atom. The van der Waals surface area contributed by atoms with Crippen LogP contribution >= 0.6 is 0 Å². The fraction of sp³-hybridized carbons (Fsp3) is 0.353. The van der Waals surface area contributed by atoms with Crippen molar-refractivity contribution in [1.29, 1.82) is 0 Å². The molecule has 1 nitrogen and oxygen atoms in total. The Kier molecular flexibility index (Phi) is 2.91. The summed E-state index contributed by atoms with van der Waals surface area (Å²) in [7, 11) is 0. The molecule has 92 valence electrons. The number of rotatable bonds is 3. The minimum absolute atomic E-state index is 0.131. The molecule has 0 aliphatic heterocycles. The Morgan fingerprint density at radius 3 is 2.94 bits per heavy atom. The molecule has 0 heterocycles. The zero-order valence-electron chi connectivity index (χ0n) is 10.6. The van der Waals surface area contributed by atoms with Gasteiger partial charge in [-0.25, -0.2) is 0 Å². The van der Waals surface area contributed by atoms with Gasteiger partial charge >= 0.3 is 0 Å². The molecule has 18 heavy (non-hydrogen) atoms. The van der Waals surface area contributed by atoms with Gasteiger partial charge in [-0.3, -0.25) is 0 Å². The van der Waals surface area contributed by atoms with E-state index in [0.29, 0.717) is 5.92 Å². The number of hydrogen-bond donors (Lipinski definition) is 0. The van der Waals surface area contributed by atoms with Gasteiger partial charge in [-0.2, -0.15) is 0 Å². The van der Waals surface area contributed by atoms with E-state index in [2.05, 4.69) is 30.8 Å². The van der Waals surface area contributed by atoms with Gasteiger partial charge in [-0.15, -0.1) is 6.58 Å². The van der Waals surface area contributed by atoms with E-state index in [4.69, 9.17) is 0 Å². The third-order valence-corrected chi connectivity index (χ3v) is 4.29. The van der Waals surface area contributed by atoms with Crippen LogP contribution in [-0.2, 0) is 4.79 Å². The molecule has 1 heteroatoms. The summed E-state index contributed by atoms with van der Waals surface area (Å²) in [6.45, 7) is 3.87. The number of hydrogen-bond acceptors (Lipinski definition) is 1. The minimum Gasteiger partial charge on any atom is -0.303 e. The normalized spacial score (nSPS) is 25.6. The number of benzene rings is 1. The quantitative estimate of drug-likeness (QED) is 0.572. The Hall–Kier alpha value is -1.63. The van der Waals surface area contributed by atoms with Crippen molar-refractivity contribution in [2.45, 2.75) is 31.6 Å². The molecule has 0 saturated carbocycles. The van der Waals surface area contributed by atoms with Crippen LogP contribution in [-0.4, -0.2) is 6.29 Å². The van der Waals surface area contributed by atoms with E-state index in [1.54, 1.807) is 0 Å². The zero-order valence-corrected chi connectivity index (χ0v) is 10.6. The number of aldehydes is 1. The van der Waals surface area contributed by atoms with Gasteiger partial charge < -0.3 is 4.79 Å². The molecule has 0 radical (unpaired) electrons. The maximum absolute atomic E-state index is 11.3. The van der Waals surface area contributed by atoms with Gasteiger partial charge in [0.15, 0.2) is 0 Å². The highest BCUT2D eigenvalue weighted by Gasteiger charge is 2.36. The smallest absolute Gasteiger partial charge is 0.127 e. The molecule has 2 unspecified atom stereocenters. The highest BCUT2D eigenvalue weighted by Crippen LogP contribution is 2.51. The third-order valence-electron chi connectivity index (χ3n) is 4.29. The summed E-state index contributed by atoms with van der Waals surface area (Å²) in [6.07, 6.45) is 7.36. The Balaban J connectivity index is 2.15. The van der Waals surface area contributed by atoms with Crippen molar-refractivity contribution in [3.05, 3.63) is 53.6 Å². The van der Waals surface area contributed by atoms with E-state index in [1.165, 1.54) is 22.3 Å². The van der Waals surface area contributed by atoms with Gasteiger partial charge in [0.05, 0.1) is 0 Å². The van der Waals surface area contributed by atoms with Crippen LogP contribution in [0.3, 0.4) is 0 Å². The number of carbonyl (C=O) groups excluding carboxylic acids is 1. The van der Waals surface area contributed by atoms with Crippen LogP contribution in [0.2, 0.25) is 0 Å². The average Bonchev–Trinajstić information content (AvgIpc) is 2.74. The maximum atomic E-state index is 11.3. The SMILES string of the molecule is C=CCC1C2=C(CCCC2C=O)c2ccccc21. The summed E-state index contributed by atoms with van der Waals surface area (Å²) >= 11 is 0. The average molecular weight is 238 g/mol. The fourth-order valence-electron chi connectivity index (χ4n) is 3.59. The van der Waals surface area contributed by atoms with Crippen LogP contribution in [0.25, 0.3) is 5.57 Å². The first-order chi connectivity index (χ1) is 8.86. The van der Waals surface area contributed by atoms with E-state index >= 15 is 0 Å². The predicted molar refractivity (Wildman–Crippen MR) is 74.3 cm³/mol. The minimum atomic E-state index is 0.131. The van der Waals surface area contributed by atoms with Crippen LogP contribution in [0.5, 0.6) is 0 Å². The molecule has 2 atom stereocenters. The van der Waals surface area contributed by atoms with Gasteiger partial charge in [0, 0.05) is 11.8 Å². The summed E-state index contributed by atoms with van der Waals surface area (Å²) in [5.74, 6) is 0.523. The van der Waals surface area contributed by atoms with Crippen LogP contribution in [0.1, 0.15) is 42.7 Å². The zero-order chi connectivity index (χ0) is 12.5. The largest absolute Gasteiger partial charge is 0.303 e. The molecule has 2 aliphatic carbocycles. The summed E-state index contributed by atoms with van der Waals surface area (Å²) in [5.41, 5.74) is 5.61. The molecule has 2 aliphatic rings. The van der Waals surface area contributed by atoms with E-state index in [-0.39, 0.29) is 5.92 Å². The van der Waals surface area contributed by atoms with Crippen LogP contribution < -0.4 is 0 Å².